The number of hydrogen-bond acceptors (Lipinski definition) is 4. The van der Waals surface area contributed by atoms with Gasteiger partial charge in [-0.25, -0.2) is 4.21 Å². The van der Waals surface area contributed by atoms with Crippen molar-refractivity contribution >= 4 is 10.8 Å². The van der Waals surface area contributed by atoms with Crippen molar-refractivity contribution < 1.29 is 19.5 Å². The summed E-state index contributed by atoms with van der Waals surface area (Å²) in [6.45, 7) is 1.42. The minimum atomic E-state index is -1.64. The highest BCUT2D eigenvalue weighted by Gasteiger charge is 2.21. The van der Waals surface area contributed by atoms with Gasteiger partial charge in [0.2, 0.25) is 0 Å². The average Bonchev–Trinajstić information content (AvgIpc) is 2.59. The molecular formula is C18H20O4S. The van der Waals surface area contributed by atoms with E-state index in [4.69, 9.17) is 5.11 Å². The molecule has 5 heteroatoms. The highest BCUT2D eigenvalue weighted by atomic mass is 32.2. The maximum atomic E-state index is 12.8. The SMILES string of the molecule is Cc1ccc([S@](=O)/C(=C/C(O)CO)[C@H](O)c2ccccc2)cc1. The van der Waals surface area contributed by atoms with Crippen LogP contribution in [0.3, 0.4) is 0 Å². The van der Waals surface area contributed by atoms with Crippen LogP contribution in [0.4, 0.5) is 0 Å². The van der Waals surface area contributed by atoms with Crippen LogP contribution in [0.15, 0.2) is 70.5 Å². The molecule has 0 heterocycles. The molecule has 0 saturated carbocycles. The summed E-state index contributed by atoms with van der Waals surface area (Å²) in [5.41, 5.74) is 1.61. The smallest absolute Gasteiger partial charge is 0.112 e. The van der Waals surface area contributed by atoms with Gasteiger partial charge in [-0.15, -0.1) is 0 Å². The molecule has 3 atom stereocenters. The van der Waals surface area contributed by atoms with Crippen LogP contribution in [-0.4, -0.2) is 32.2 Å². The quantitative estimate of drug-likeness (QED) is 0.757. The van der Waals surface area contributed by atoms with E-state index in [1.807, 2.05) is 25.1 Å². The Bertz CT molecular complexity index is 680. The van der Waals surface area contributed by atoms with E-state index < -0.39 is 29.6 Å². The van der Waals surface area contributed by atoms with Crippen LogP contribution in [0.2, 0.25) is 0 Å². The van der Waals surface area contributed by atoms with Gasteiger partial charge >= 0.3 is 0 Å². The van der Waals surface area contributed by atoms with Crippen LogP contribution in [0.5, 0.6) is 0 Å². The van der Waals surface area contributed by atoms with Crippen molar-refractivity contribution in [3.05, 3.63) is 76.7 Å². The molecule has 0 spiro atoms. The maximum absolute atomic E-state index is 12.8. The molecule has 23 heavy (non-hydrogen) atoms. The van der Waals surface area contributed by atoms with E-state index >= 15 is 0 Å². The number of rotatable bonds is 6. The third kappa shape index (κ3) is 4.59. The van der Waals surface area contributed by atoms with Gasteiger partial charge in [-0.05, 0) is 30.7 Å². The second kappa shape index (κ2) is 8.17. The van der Waals surface area contributed by atoms with Crippen LogP contribution >= 0.6 is 0 Å². The number of aliphatic hydroxyl groups is 3. The Morgan fingerprint density at radius 2 is 1.70 bits per heavy atom. The summed E-state index contributed by atoms with van der Waals surface area (Å²) in [4.78, 5) is 0.684. The van der Waals surface area contributed by atoms with E-state index in [0.717, 1.165) is 5.56 Å². The lowest BCUT2D eigenvalue weighted by molar-refractivity contribution is 0.129. The van der Waals surface area contributed by atoms with Gasteiger partial charge in [0.15, 0.2) is 0 Å². The molecule has 122 valence electrons. The van der Waals surface area contributed by atoms with Crippen molar-refractivity contribution in [3.8, 4) is 0 Å². The van der Waals surface area contributed by atoms with Gasteiger partial charge in [0.1, 0.15) is 6.10 Å². The van der Waals surface area contributed by atoms with E-state index in [1.54, 1.807) is 36.4 Å². The largest absolute Gasteiger partial charge is 0.393 e. The first kappa shape index (κ1) is 17.6. The average molecular weight is 332 g/mol. The molecule has 0 saturated heterocycles. The summed E-state index contributed by atoms with van der Waals surface area (Å²) in [5, 5.41) is 29.3. The molecule has 0 amide bonds. The Labute approximate surface area is 138 Å². The molecule has 0 aliphatic heterocycles. The maximum Gasteiger partial charge on any atom is 0.112 e. The first-order chi connectivity index (χ1) is 11.0. The highest BCUT2D eigenvalue weighted by Crippen LogP contribution is 2.28. The lowest BCUT2D eigenvalue weighted by Gasteiger charge is -2.17. The zero-order chi connectivity index (χ0) is 16.8. The van der Waals surface area contributed by atoms with Crippen LogP contribution in [0.1, 0.15) is 17.2 Å². The standard InChI is InChI=1S/C18H20O4S/c1-13-7-9-16(10-8-13)23(22)17(11-15(20)12-19)18(21)14-5-3-2-4-6-14/h2-11,15,18-21H,12H2,1H3/b17-11+/t15?,18-,23+/m1/s1. The van der Waals surface area contributed by atoms with E-state index in [9.17, 15) is 14.4 Å². The Kier molecular flexibility index (Phi) is 6.24. The van der Waals surface area contributed by atoms with Crippen molar-refractivity contribution in [1.29, 1.82) is 0 Å². The molecule has 2 rings (SSSR count). The van der Waals surface area contributed by atoms with Crippen LogP contribution in [0, 0.1) is 6.92 Å². The summed E-state index contributed by atoms with van der Waals surface area (Å²) in [5.74, 6) is 0. The van der Waals surface area contributed by atoms with E-state index in [2.05, 4.69) is 0 Å². The predicted octanol–water partition coefficient (Wildman–Crippen LogP) is 2.07. The van der Waals surface area contributed by atoms with Crippen LogP contribution < -0.4 is 0 Å². The van der Waals surface area contributed by atoms with E-state index in [1.165, 1.54) is 6.08 Å². The van der Waals surface area contributed by atoms with Gasteiger partial charge in [-0.3, -0.25) is 0 Å². The summed E-state index contributed by atoms with van der Waals surface area (Å²) in [6, 6.07) is 15.9. The van der Waals surface area contributed by atoms with Gasteiger partial charge < -0.3 is 15.3 Å². The molecule has 0 aromatic heterocycles. The first-order valence-electron chi connectivity index (χ1n) is 7.25. The monoisotopic (exact) mass is 332 g/mol. The third-order valence-electron chi connectivity index (χ3n) is 3.38. The molecule has 2 aromatic rings. The lowest BCUT2D eigenvalue weighted by Crippen LogP contribution is -2.14. The minimum absolute atomic E-state index is 0.154. The number of aliphatic hydroxyl groups excluding tert-OH is 3. The summed E-state index contributed by atoms with van der Waals surface area (Å²) in [7, 11) is -1.64. The number of aryl methyl sites for hydroxylation is 1. The van der Waals surface area contributed by atoms with Gasteiger partial charge in [0.05, 0.1) is 28.4 Å². The van der Waals surface area contributed by atoms with Crippen molar-refractivity contribution in [2.45, 2.75) is 24.0 Å². The zero-order valence-corrected chi connectivity index (χ0v) is 13.6. The fourth-order valence-corrected chi connectivity index (χ4v) is 3.37. The van der Waals surface area contributed by atoms with Crippen LogP contribution in [0.25, 0.3) is 0 Å². The number of benzene rings is 2. The van der Waals surface area contributed by atoms with Crippen molar-refractivity contribution in [1.82, 2.24) is 0 Å². The lowest BCUT2D eigenvalue weighted by atomic mass is 10.1. The normalized spacial score (nSPS) is 15.9. The molecular weight excluding hydrogens is 312 g/mol. The van der Waals surface area contributed by atoms with E-state index in [-0.39, 0.29) is 4.91 Å². The fraction of sp³-hybridized carbons (Fsp3) is 0.222. The van der Waals surface area contributed by atoms with Crippen LogP contribution in [-0.2, 0) is 10.8 Å². The second-order valence-corrected chi connectivity index (χ2v) is 6.69. The van der Waals surface area contributed by atoms with Gasteiger partial charge in [0.25, 0.3) is 0 Å². The third-order valence-corrected chi connectivity index (χ3v) is 4.87. The summed E-state index contributed by atoms with van der Waals surface area (Å²) >= 11 is 0. The fourth-order valence-electron chi connectivity index (χ4n) is 2.09. The molecule has 0 aliphatic rings. The Morgan fingerprint density at radius 1 is 1.09 bits per heavy atom. The Morgan fingerprint density at radius 3 is 2.26 bits per heavy atom. The molecule has 0 bridgehead atoms. The molecule has 0 aliphatic carbocycles. The van der Waals surface area contributed by atoms with Gasteiger partial charge in [-0.1, -0.05) is 48.0 Å². The van der Waals surface area contributed by atoms with Crippen molar-refractivity contribution in [2.24, 2.45) is 0 Å². The van der Waals surface area contributed by atoms with Crippen molar-refractivity contribution in [2.75, 3.05) is 6.61 Å². The molecule has 1 unspecified atom stereocenters. The van der Waals surface area contributed by atoms with Crippen molar-refractivity contribution in [3.63, 3.8) is 0 Å². The Balaban J connectivity index is 2.40. The first-order valence-corrected chi connectivity index (χ1v) is 8.40. The Hall–Kier alpha value is -1.79. The second-order valence-electron chi connectivity index (χ2n) is 5.21. The number of hydrogen-bond donors (Lipinski definition) is 3. The zero-order valence-electron chi connectivity index (χ0n) is 12.8. The highest BCUT2D eigenvalue weighted by molar-refractivity contribution is 7.89. The minimum Gasteiger partial charge on any atom is -0.393 e. The van der Waals surface area contributed by atoms with E-state index in [0.29, 0.717) is 10.5 Å². The summed E-state index contributed by atoms with van der Waals surface area (Å²) < 4.78 is 12.8. The topological polar surface area (TPSA) is 77.8 Å². The molecule has 2 aromatic carbocycles. The predicted molar refractivity (Wildman–Crippen MR) is 90.2 cm³/mol. The van der Waals surface area contributed by atoms with Gasteiger partial charge in [-0.2, -0.15) is 0 Å². The molecule has 0 radical (unpaired) electrons. The van der Waals surface area contributed by atoms with Gasteiger partial charge in [0, 0.05) is 4.90 Å². The molecule has 0 fully saturated rings. The molecule has 4 nitrogen and oxygen atoms in total. The molecule has 3 N–H and O–H groups in total. The summed E-state index contributed by atoms with van der Waals surface area (Å²) in [6.07, 6.45) is -1.05.